The third kappa shape index (κ3) is 3.44. The van der Waals surface area contributed by atoms with E-state index in [9.17, 15) is 9.59 Å². The number of carbonyl (C=O) groups is 1. The molecule has 0 aliphatic rings. The first-order chi connectivity index (χ1) is 8.12. The first kappa shape index (κ1) is 13.5. The van der Waals surface area contributed by atoms with Crippen molar-refractivity contribution in [1.29, 1.82) is 0 Å². The van der Waals surface area contributed by atoms with Crippen LogP contribution >= 0.6 is 15.9 Å². The van der Waals surface area contributed by atoms with E-state index < -0.39 is 5.97 Å². The van der Waals surface area contributed by atoms with Crippen molar-refractivity contribution in [3.63, 3.8) is 0 Å². The highest BCUT2D eigenvalue weighted by Crippen LogP contribution is 2.20. The topological polar surface area (TPSA) is 52.6 Å². The molecule has 0 amide bonds. The number of carbonyl (C=O) groups excluding carboxylic acids is 2. The zero-order valence-corrected chi connectivity index (χ0v) is 11.0. The summed E-state index contributed by atoms with van der Waals surface area (Å²) < 4.78 is 10.1. The smallest absolute Gasteiger partial charge is 0.338 e. The van der Waals surface area contributed by atoms with Crippen LogP contribution in [0.2, 0.25) is 0 Å². The van der Waals surface area contributed by atoms with Crippen molar-refractivity contribution in [1.82, 2.24) is 0 Å². The molecule has 4 nitrogen and oxygen atoms in total. The molecule has 0 spiro atoms. The molecular weight excluding hydrogens is 288 g/mol. The molecule has 0 radical (unpaired) electrons. The molecular formula is C12H11BrO4. The molecule has 0 N–H and O–H groups in total. The number of benzene rings is 1. The van der Waals surface area contributed by atoms with Gasteiger partial charge in [-0.2, -0.15) is 0 Å². The summed E-state index contributed by atoms with van der Waals surface area (Å²) in [6.07, 6.45) is 0.333. The minimum absolute atomic E-state index is 0.211. The van der Waals surface area contributed by atoms with E-state index in [2.05, 4.69) is 20.7 Å². The van der Waals surface area contributed by atoms with E-state index in [1.54, 1.807) is 24.1 Å². The van der Waals surface area contributed by atoms with Crippen molar-refractivity contribution >= 4 is 27.8 Å². The lowest BCUT2D eigenvalue weighted by Crippen LogP contribution is -2.03. The first-order valence-corrected chi connectivity index (χ1v) is 5.56. The number of esters is 1. The van der Waals surface area contributed by atoms with Gasteiger partial charge in [0, 0.05) is 10.9 Å². The Kier molecular flexibility index (Phi) is 4.94. The monoisotopic (exact) mass is 298 g/mol. The van der Waals surface area contributed by atoms with Crippen molar-refractivity contribution < 1.29 is 19.1 Å². The Bertz CT molecular complexity index is 475. The number of hydrogen-bond donors (Lipinski definition) is 0. The van der Waals surface area contributed by atoms with Gasteiger partial charge in [0.05, 0.1) is 19.8 Å². The molecule has 0 saturated heterocycles. The summed E-state index contributed by atoms with van der Waals surface area (Å²) in [5.41, 5.74) is 1.27. The van der Waals surface area contributed by atoms with E-state index in [1.165, 1.54) is 14.2 Å². The second kappa shape index (κ2) is 6.23. The molecule has 0 atom stereocenters. The number of rotatable bonds is 4. The molecule has 5 heteroatoms. The van der Waals surface area contributed by atoms with Crippen LogP contribution in [0.25, 0.3) is 0 Å². The molecule has 1 rings (SSSR count). The molecule has 0 fully saturated rings. The van der Waals surface area contributed by atoms with Crippen molar-refractivity contribution in [2.24, 2.45) is 0 Å². The minimum Gasteiger partial charge on any atom is -0.489 e. The van der Waals surface area contributed by atoms with Gasteiger partial charge in [-0.05, 0) is 33.6 Å². The van der Waals surface area contributed by atoms with Gasteiger partial charge in [-0.25, -0.2) is 9.59 Å². The fourth-order valence-corrected chi connectivity index (χ4v) is 1.87. The van der Waals surface area contributed by atoms with E-state index in [1.807, 2.05) is 0 Å². The van der Waals surface area contributed by atoms with E-state index in [0.717, 1.165) is 5.56 Å². The van der Waals surface area contributed by atoms with Gasteiger partial charge in [-0.3, -0.25) is 0 Å². The number of ether oxygens (including phenoxy) is 2. The summed E-state index contributed by atoms with van der Waals surface area (Å²) in [7, 11) is 2.74. The predicted octanol–water partition coefficient (Wildman–Crippen LogP) is 2.14. The van der Waals surface area contributed by atoms with Crippen LogP contribution in [-0.2, 0) is 20.7 Å². The van der Waals surface area contributed by atoms with Crippen molar-refractivity contribution in [3.8, 4) is 0 Å². The van der Waals surface area contributed by atoms with Gasteiger partial charge < -0.3 is 9.47 Å². The Morgan fingerprint density at radius 2 is 2.06 bits per heavy atom. The van der Waals surface area contributed by atoms with Crippen LogP contribution in [0.1, 0.15) is 15.9 Å². The summed E-state index contributed by atoms with van der Waals surface area (Å²) in [6.45, 7) is 0. The number of allylic oxidation sites excluding steroid dienone is 1. The highest BCUT2D eigenvalue weighted by Gasteiger charge is 2.11. The molecule has 1 aromatic carbocycles. The fourth-order valence-electron chi connectivity index (χ4n) is 1.28. The number of methoxy groups -OCH3 is 2. The van der Waals surface area contributed by atoms with Gasteiger partial charge in [0.2, 0.25) is 0 Å². The maximum atomic E-state index is 11.3. The Labute approximate surface area is 107 Å². The molecule has 0 aliphatic heterocycles. The van der Waals surface area contributed by atoms with Crippen molar-refractivity contribution in [2.45, 2.75) is 6.42 Å². The molecule has 0 aliphatic carbocycles. The molecule has 0 aromatic heterocycles. The van der Waals surface area contributed by atoms with Crippen LogP contribution in [-0.4, -0.2) is 26.1 Å². The quantitative estimate of drug-likeness (QED) is 0.485. The summed E-state index contributed by atoms with van der Waals surface area (Å²) >= 11 is 3.27. The van der Waals surface area contributed by atoms with Crippen molar-refractivity contribution in [3.05, 3.63) is 39.6 Å². The van der Waals surface area contributed by atoms with Gasteiger partial charge >= 0.3 is 5.97 Å². The van der Waals surface area contributed by atoms with Crippen molar-refractivity contribution in [2.75, 3.05) is 14.2 Å². The van der Waals surface area contributed by atoms with Crippen LogP contribution in [0.3, 0.4) is 0 Å². The lowest BCUT2D eigenvalue weighted by Gasteiger charge is -2.06. The summed E-state index contributed by atoms with van der Waals surface area (Å²) in [6, 6.07) is 5.10. The van der Waals surface area contributed by atoms with Crippen LogP contribution < -0.4 is 0 Å². The fraction of sp³-hybridized carbons (Fsp3) is 0.250. The summed E-state index contributed by atoms with van der Waals surface area (Å²) in [5, 5.41) is 0. The second-order valence-electron chi connectivity index (χ2n) is 3.21. The minimum atomic E-state index is -0.415. The Balaban J connectivity index is 2.97. The molecule has 0 heterocycles. The second-order valence-corrected chi connectivity index (χ2v) is 4.07. The largest absolute Gasteiger partial charge is 0.489 e. The standard InChI is InChI=1S/C12H11BrO4/c1-16-9(7-14)5-8-3-4-10(11(13)6-8)12(15)17-2/h3-4,6H,5H2,1-2H3. The highest BCUT2D eigenvalue weighted by atomic mass is 79.9. The van der Waals surface area contributed by atoms with Gasteiger partial charge in [-0.15, -0.1) is 0 Å². The molecule has 90 valence electrons. The molecule has 0 bridgehead atoms. The van der Waals surface area contributed by atoms with Gasteiger partial charge in [0.25, 0.3) is 0 Å². The lowest BCUT2D eigenvalue weighted by molar-refractivity contribution is 0.0599. The zero-order chi connectivity index (χ0) is 12.8. The number of halogens is 1. The van der Waals surface area contributed by atoms with Crippen LogP contribution in [0.4, 0.5) is 0 Å². The maximum absolute atomic E-state index is 11.3. The molecule has 0 unspecified atom stereocenters. The Morgan fingerprint density at radius 3 is 2.53 bits per heavy atom. The SMILES string of the molecule is COC(=O)c1ccc(CC(=C=O)OC)cc1Br. The van der Waals surface area contributed by atoms with E-state index >= 15 is 0 Å². The van der Waals surface area contributed by atoms with E-state index in [0.29, 0.717) is 16.5 Å². The third-order valence-corrected chi connectivity index (χ3v) is 2.82. The van der Waals surface area contributed by atoms with Crippen LogP contribution in [0.15, 0.2) is 28.4 Å². The molecule has 0 saturated carbocycles. The predicted molar refractivity (Wildman–Crippen MR) is 65.4 cm³/mol. The maximum Gasteiger partial charge on any atom is 0.338 e. The lowest BCUT2D eigenvalue weighted by atomic mass is 10.1. The van der Waals surface area contributed by atoms with E-state index in [4.69, 9.17) is 4.74 Å². The van der Waals surface area contributed by atoms with Crippen LogP contribution in [0.5, 0.6) is 0 Å². The van der Waals surface area contributed by atoms with Crippen LogP contribution in [0, 0.1) is 0 Å². The third-order valence-electron chi connectivity index (χ3n) is 2.16. The molecule has 1 aromatic rings. The van der Waals surface area contributed by atoms with E-state index in [-0.39, 0.29) is 5.76 Å². The first-order valence-electron chi connectivity index (χ1n) is 4.77. The zero-order valence-electron chi connectivity index (χ0n) is 9.45. The normalized spacial score (nSPS) is 9.35. The highest BCUT2D eigenvalue weighted by molar-refractivity contribution is 9.10. The Hall–Kier alpha value is -1.58. The Morgan fingerprint density at radius 1 is 1.35 bits per heavy atom. The summed E-state index contributed by atoms with van der Waals surface area (Å²) in [5.74, 6) is 1.50. The van der Waals surface area contributed by atoms with Gasteiger partial charge in [0.15, 0.2) is 11.7 Å². The van der Waals surface area contributed by atoms with Gasteiger partial charge in [0.1, 0.15) is 0 Å². The summed E-state index contributed by atoms with van der Waals surface area (Å²) in [4.78, 5) is 21.8. The molecule has 17 heavy (non-hydrogen) atoms. The average molecular weight is 299 g/mol. The van der Waals surface area contributed by atoms with Gasteiger partial charge in [-0.1, -0.05) is 6.07 Å². The average Bonchev–Trinajstić information content (AvgIpc) is 2.35. The number of hydrogen-bond acceptors (Lipinski definition) is 4.